The molecule has 0 saturated carbocycles. The first-order valence-corrected chi connectivity index (χ1v) is 0.781. The zero-order valence-electron chi connectivity index (χ0n) is 2.77. The molecule has 0 aliphatic carbocycles. The largest absolute Gasteiger partial charge is 0.352 e. The van der Waals surface area contributed by atoms with Gasteiger partial charge in [0.15, 0.2) is 0 Å². The number of rotatable bonds is 0. The van der Waals surface area contributed by atoms with Gasteiger partial charge in [0.05, 0.1) is 0 Å². The average molecular weight is 172 g/mol. The van der Waals surface area contributed by atoms with Crippen LogP contribution >= 0.6 is 0 Å². The molecule has 4 N–H and O–H groups in total. The number of carbonyl (C=O) groups is 1. The van der Waals surface area contributed by atoms with Crippen LogP contribution in [0.4, 0.5) is 4.79 Å². The molecule has 26 valence electrons. The normalized spacial score (nSPS) is 4.80. The molecule has 0 aromatic heterocycles. The van der Waals surface area contributed by atoms with Crippen molar-refractivity contribution in [3.05, 3.63) is 0 Å². The second kappa shape index (κ2) is 4.19. The monoisotopic (exact) mass is 174 g/mol. The number of hydrogen-bond donors (Lipinski definition) is 2. The van der Waals surface area contributed by atoms with Gasteiger partial charge in [0.1, 0.15) is 0 Å². The molecule has 0 radical (unpaired) electrons. The summed E-state index contributed by atoms with van der Waals surface area (Å²) in [5, 5.41) is 0. The summed E-state index contributed by atoms with van der Waals surface area (Å²) in [6.07, 6.45) is 0. The zero-order chi connectivity index (χ0) is 3.58. The zero-order valence-corrected chi connectivity index (χ0v) is 6.81. The number of primary amides is 2. The minimum absolute atomic E-state index is 0. The van der Waals surface area contributed by atoms with Crippen molar-refractivity contribution in [3.63, 3.8) is 0 Å². The van der Waals surface area contributed by atoms with Crippen LogP contribution in [0.3, 0.4) is 0 Å². The molecule has 0 fully saturated rings. The van der Waals surface area contributed by atoms with Crippen molar-refractivity contribution < 1.29 is 32.1 Å². The van der Waals surface area contributed by atoms with Crippen LogP contribution in [-0.4, -0.2) is 6.03 Å². The van der Waals surface area contributed by atoms with E-state index >= 15 is 0 Å². The van der Waals surface area contributed by atoms with Crippen molar-refractivity contribution >= 4 is 6.03 Å². The molecule has 4 heteroatoms. The van der Waals surface area contributed by atoms with Crippen LogP contribution in [0.25, 0.3) is 0 Å². The number of urea groups is 1. The molecule has 0 aliphatic heterocycles. The van der Waals surface area contributed by atoms with E-state index in [-0.39, 0.29) is 27.3 Å². The van der Waals surface area contributed by atoms with Crippen molar-refractivity contribution in [3.8, 4) is 0 Å². The average Bonchev–Trinajstić information content (AvgIpc) is 0.811. The molecular weight excluding hydrogens is 168 g/mol. The van der Waals surface area contributed by atoms with Gasteiger partial charge in [-0.2, -0.15) is 0 Å². The molecule has 0 aliphatic rings. The first-order valence-electron chi connectivity index (χ1n) is 0.781. The van der Waals surface area contributed by atoms with Gasteiger partial charge < -0.3 is 11.5 Å². The van der Waals surface area contributed by atoms with Crippen molar-refractivity contribution in [2.45, 2.75) is 0 Å². The number of hydrogen-bond acceptors (Lipinski definition) is 1. The third-order valence-electron chi connectivity index (χ3n) is 0. The van der Waals surface area contributed by atoms with Crippen LogP contribution < -0.4 is 11.5 Å². The minimum Gasteiger partial charge on any atom is -0.352 e. The fourth-order valence-corrected chi connectivity index (χ4v) is 0. The molecule has 0 saturated heterocycles. The maximum atomic E-state index is 9.00. The quantitative estimate of drug-likeness (QED) is 0.453. The Morgan fingerprint density at radius 1 is 1.40 bits per heavy atom. The topological polar surface area (TPSA) is 69.1 Å². The van der Waals surface area contributed by atoms with Gasteiger partial charge in [0.25, 0.3) is 0 Å². The van der Waals surface area contributed by atoms with Crippen LogP contribution in [0.15, 0.2) is 0 Å². The Hall–Kier alpha value is 0.192. The Labute approximate surface area is 49.9 Å². The van der Waals surface area contributed by atoms with E-state index in [0.29, 0.717) is 0 Å². The van der Waals surface area contributed by atoms with Crippen LogP contribution in [0.1, 0.15) is 0 Å². The SMILES string of the molecule is NC(N)=O.[Cd]. The van der Waals surface area contributed by atoms with Crippen LogP contribution in [-0.2, 0) is 27.3 Å². The smallest absolute Gasteiger partial charge is 0.309 e. The molecule has 0 aromatic rings. The van der Waals surface area contributed by atoms with Gasteiger partial charge in [-0.15, -0.1) is 0 Å². The third-order valence-corrected chi connectivity index (χ3v) is 0. The predicted octanol–water partition coefficient (Wildman–Crippen LogP) is -0.979. The Bertz CT molecular complexity index is 32.6. The molecule has 0 rings (SSSR count). The molecule has 0 heterocycles. The first kappa shape index (κ1) is 8.95. The van der Waals surface area contributed by atoms with Gasteiger partial charge in [-0.1, -0.05) is 0 Å². The second-order valence-corrected chi connectivity index (χ2v) is 0.402. The van der Waals surface area contributed by atoms with E-state index in [0.717, 1.165) is 0 Å². The van der Waals surface area contributed by atoms with E-state index < -0.39 is 6.03 Å². The van der Waals surface area contributed by atoms with Crippen molar-refractivity contribution in [1.82, 2.24) is 0 Å². The first-order chi connectivity index (χ1) is 1.73. The minimum atomic E-state index is -0.833. The van der Waals surface area contributed by atoms with E-state index in [9.17, 15) is 0 Å². The Morgan fingerprint density at radius 3 is 1.40 bits per heavy atom. The molecular formula is CH4CdN2O. The predicted molar refractivity (Wildman–Crippen MR) is 13.8 cm³/mol. The van der Waals surface area contributed by atoms with Crippen molar-refractivity contribution in [2.24, 2.45) is 11.5 Å². The maximum Gasteiger partial charge on any atom is 0.309 e. The molecule has 3 nitrogen and oxygen atoms in total. The van der Waals surface area contributed by atoms with E-state index in [4.69, 9.17) is 4.79 Å². The molecule has 2 amide bonds. The number of carbonyl (C=O) groups excluding carboxylic acids is 1. The van der Waals surface area contributed by atoms with Crippen LogP contribution in [0.5, 0.6) is 0 Å². The van der Waals surface area contributed by atoms with Gasteiger partial charge in [0.2, 0.25) is 0 Å². The second-order valence-electron chi connectivity index (χ2n) is 0.402. The van der Waals surface area contributed by atoms with Gasteiger partial charge >= 0.3 is 6.03 Å². The third kappa shape index (κ3) is 546. The van der Waals surface area contributed by atoms with Gasteiger partial charge in [-0.05, 0) is 0 Å². The Morgan fingerprint density at radius 2 is 1.40 bits per heavy atom. The van der Waals surface area contributed by atoms with E-state index in [1.807, 2.05) is 0 Å². The van der Waals surface area contributed by atoms with Crippen LogP contribution in [0, 0.1) is 0 Å². The molecule has 5 heavy (non-hydrogen) atoms. The summed E-state index contributed by atoms with van der Waals surface area (Å²) in [5.74, 6) is 0. The fourth-order valence-electron chi connectivity index (χ4n) is 0. The molecule has 0 aromatic carbocycles. The van der Waals surface area contributed by atoms with Gasteiger partial charge in [-0.3, -0.25) is 0 Å². The summed E-state index contributed by atoms with van der Waals surface area (Å²) in [5.41, 5.74) is 8.50. The van der Waals surface area contributed by atoms with Gasteiger partial charge in [0, 0.05) is 27.3 Å². The van der Waals surface area contributed by atoms with Crippen molar-refractivity contribution in [1.29, 1.82) is 0 Å². The van der Waals surface area contributed by atoms with E-state index in [2.05, 4.69) is 11.5 Å². The van der Waals surface area contributed by atoms with Gasteiger partial charge in [-0.25, -0.2) is 4.79 Å². The molecule has 0 unspecified atom stereocenters. The summed E-state index contributed by atoms with van der Waals surface area (Å²) in [4.78, 5) is 9.00. The molecule has 0 atom stereocenters. The summed E-state index contributed by atoms with van der Waals surface area (Å²) in [6, 6.07) is -0.833. The molecule has 0 bridgehead atoms. The molecule has 0 spiro atoms. The Balaban J connectivity index is 0. The summed E-state index contributed by atoms with van der Waals surface area (Å²) in [7, 11) is 0. The number of amides is 2. The number of nitrogens with two attached hydrogens (primary N) is 2. The van der Waals surface area contributed by atoms with Crippen LogP contribution in [0.2, 0.25) is 0 Å². The van der Waals surface area contributed by atoms with E-state index in [1.54, 1.807) is 0 Å². The maximum absolute atomic E-state index is 9.00. The van der Waals surface area contributed by atoms with E-state index in [1.165, 1.54) is 0 Å². The Kier molecular flexibility index (Phi) is 7.51. The summed E-state index contributed by atoms with van der Waals surface area (Å²) < 4.78 is 0. The summed E-state index contributed by atoms with van der Waals surface area (Å²) >= 11 is 0. The van der Waals surface area contributed by atoms with Crippen molar-refractivity contribution in [2.75, 3.05) is 0 Å². The summed E-state index contributed by atoms with van der Waals surface area (Å²) in [6.45, 7) is 0. The fraction of sp³-hybridized carbons (Fsp3) is 0. The standard InChI is InChI=1S/CH4N2O.Cd/c2-1(3)4;/h(H4,2,3,4);.